The van der Waals surface area contributed by atoms with Gasteiger partial charge in [-0.3, -0.25) is 0 Å². The van der Waals surface area contributed by atoms with Crippen LogP contribution in [0.3, 0.4) is 0 Å². The molecular formula is C18H26BrN3O3. The van der Waals surface area contributed by atoms with Crippen molar-refractivity contribution in [1.82, 2.24) is 9.97 Å². The van der Waals surface area contributed by atoms with E-state index < -0.39 is 5.97 Å². The standard InChI is InChI=1S/C18H26BrN3O3/c1-5-24-17(23)14-16(20-12(3)15(19)21-14)22-8-6-18(7-9-22)10-25-13(4)11(18)2/h11,13H,5-10H2,1-4H3/t11?,13-/m0/s1. The Bertz CT molecular complexity index is 659. The Morgan fingerprint density at radius 1 is 1.36 bits per heavy atom. The van der Waals surface area contributed by atoms with E-state index in [1.807, 2.05) is 6.92 Å². The summed E-state index contributed by atoms with van der Waals surface area (Å²) < 4.78 is 11.7. The molecule has 1 spiro atoms. The van der Waals surface area contributed by atoms with Crippen LogP contribution in [0.4, 0.5) is 5.82 Å². The van der Waals surface area contributed by atoms with Crippen molar-refractivity contribution in [2.24, 2.45) is 11.3 Å². The second-order valence-corrected chi connectivity index (χ2v) is 7.90. The fourth-order valence-electron chi connectivity index (χ4n) is 3.88. The normalized spacial score (nSPS) is 25.4. The number of carbonyl (C=O) groups excluding carboxylic acids is 1. The molecular weight excluding hydrogens is 386 g/mol. The molecule has 1 aromatic heterocycles. The van der Waals surface area contributed by atoms with Gasteiger partial charge in [-0.1, -0.05) is 6.92 Å². The highest BCUT2D eigenvalue weighted by atomic mass is 79.9. The van der Waals surface area contributed by atoms with E-state index in [9.17, 15) is 4.79 Å². The molecule has 25 heavy (non-hydrogen) atoms. The van der Waals surface area contributed by atoms with Crippen LogP contribution >= 0.6 is 15.9 Å². The van der Waals surface area contributed by atoms with Crippen LogP contribution in [0.1, 0.15) is 49.8 Å². The number of carbonyl (C=O) groups is 1. The van der Waals surface area contributed by atoms with Crippen molar-refractivity contribution < 1.29 is 14.3 Å². The average Bonchev–Trinajstić information content (AvgIpc) is 2.87. The zero-order valence-electron chi connectivity index (χ0n) is 15.3. The highest BCUT2D eigenvalue weighted by Gasteiger charge is 2.47. The quantitative estimate of drug-likeness (QED) is 0.710. The molecule has 1 aromatic rings. The molecule has 1 unspecified atom stereocenters. The highest BCUT2D eigenvalue weighted by Crippen LogP contribution is 2.46. The van der Waals surface area contributed by atoms with Crippen molar-refractivity contribution in [2.75, 3.05) is 31.2 Å². The van der Waals surface area contributed by atoms with E-state index >= 15 is 0 Å². The van der Waals surface area contributed by atoms with Crippen LogP contribution < -0.4 is 4.90 Å². The van der Waals surface area contributed by atoms with E-state index in [1.165, 1.54) is 0 Å². The second kappa shape index (κ2) is 7.19. The maximum absolute atomic E-state index is 12.3. The third-order valence-electron chi connectivity index (χ3n) is 5.83. The lowest BCUT2D eigenvalue weighted by Crippen LogP contribution is -2.44. The van der Waals surface area contributed by atoms with Gasteiger partial charge in [-0.15, -0.1) is 0 Å². The van der Waals surface area contributed by atoms with Gasteiger partial charge >= 0.3 is 5.97 Å². The van der Waals surface area contributed by atoms with Crippen LogP contribution in [0.5, 0.6) is 0 Å². The average molecular weight is 412 g/mol. The zero-order valence-corrected chi connectivity index (χ0v) is 16.9. The Hall–Kier alpha value is -1.21. The van der Waals surface area contributed by atoms with Gasteiger partial charge in [0.25, 0.3) is 0 Å². The molecule has 7 heteroatoms. The number of piperidine rings is 1. The van der Waals surface area contributed by atoms with E-state index in [0.717, 1.165) is 38.2 Å². The number of anilines is 1. The first-order valence-corrected chi connectivity index (χ1v) is 9.75. The molecule has 0 aromatic carbocycles. The molecule has 0 amide bonds. The smallest absolute Gasteiger partial charge is 0.360 e. The predicted octanol–water partition coefficient (Wildman–Crippen LogP) is 3.37. The fraction of sp³-hybridized carbons (Fsp3) is 0.722. The molecule has 138 valence electrons. The lowest BCUT2D eigenvalue weighted by molar-refractivity contribution is 0.0519. The fourth-order valence-corrected chi connectivity index (χ4v) is 4.14. The van der Waals surface area contributed by atoms with E-state index in [4.69, 9.17) is 9.47 Å². The van der Waals surface area contributed by atoms with Gasteiger partial charge in [-0.05, 0) is 55.5 Å². The van der Waals surface area contributed by atoms with Gasteiger partial charge < -0.3 is 14.4 Å². The first-order chi connectivity index (χ1) is 11.9. The molecule has 2 atom stereocenters. The molecule has 0 aliphatic carbocycles. The number of halogens is 1. The predicted molar refractivity (Wildman–Crippen MR) is 98.9 cm³/mol. The summed E-state index contributed by atoms with van der Waals surface area (Å²) in [6.07, 6.45) is 2.39. The summed E-state index contributed by atoms with van der Waals surface area (Å²) in [6, 6.07) is 0. The van der Waals surface area contributed by atoms with Crippen LogP contribution in [0.25, 0.3) is 0 Å². The van der Waals surface area contributed by atoms with E-state index in [1.54, 1.807) is 6.92 Å². The van der Waals surface area contributed by atoms with Crippen LogP contribution in [-0.2, 0) is 9.47 Å². The van der Waals surface area contributed by atoms with Gasteiger partial charge in [0.15, 0.2) is 11.5 Å². The van der Waals surface area contributed by atoms with Gasteiger partial charge in [0.2, 0.25) is 0 Å². The number of nitrogens with zero attached hydrogens (tertiary/aromatic N) is 3. The Balaban J connectivity index is 1.83. The van der Waals surface area contributed by atoms with Crippen molar-refractivity contribution in [3.05, 3.63) is 16.0 Å². The second-order valence-electron chi connectivity index (χ2n) is 7.15. The maximum Gasteiger partial charge on any atom is 0.360 e. The molecule has 0 N–H and O–H groups in total. The Kier molecular flexibility index (Phi) is 5.34. The maximum atomic E-state index is 12.3. The molecule has 0 radical (unpaired) electrons. The molecule has 3 heterocycles. The molecule has 2 aliphatic heterocycles. The molecule has 2 fully saturated rings. The van der Waals surface area contributed by atoms with Gasteiger partial charge in [0.1, 0.15) is 4.60 Å². The Morgan fingerprint density at radius 3 is 2.60 bits per heavy atom. The molecule has 3 rings (SSSR count). The van der Waals surface area contributed by atoms with Crippen LogP contribution in [0.2, 0.25) is 0 Å². The van der Waals surface area contributed by atoms with Gasteiger partial charge in [-0.2, -0.15) is 0 Å². The van der Waals surface area contributed by atoms with E-state index in [2.05, 4.69) is 44.6 Å². The summed E-state index contributed by atoms with van der Waals surface area (Å²) in [4.78, 5) is 23.5. The van der Waals surface area contributed by atoms with Crippen molar-refractivity contribution in [3.63, 3.8) is 0 Å². The molecule has 2 saturated heterocycles. The van der Waals surface area contributed by atoms with Crippen molar-refractivity contribution in [2.45, 2.75) is 46.6 Å². The minimum atomic E-state index is -0.419. The zero-order chi connectivity index (χ0) is 18.2. The summed E-state index contributed by atoms with van der Waals surface area (Å²) >= 11 is 3.37. The highest BCUT2D eigenvalue weighted by molar-refractivity contribution is 9.10. The SMILES string of the molecule is CCOC(=O)c1nc(Br)c(C)nc1N1CCC2(CC1)CO[C@@H](C)C2C. The monoisotopic (exact) mass is 411 g/mol. The van der Waals surface area contributed by atoms with Gasteiger partial charge in [0, 0.05) is 18.5 Å². The first-order valence-electron chi connectivity index (χ1n) is 8.96. The largest absolute Gasteiger partial charge is 0.461 e. The summed E-state index contributed by atoms with van der Waals surface area (Å²) in [5.41, 5.74) is 1.31. The van der Waals surface area contributed by atoms with Crippen LogP contribution in [0.15, 0.2) is 4.60 Å². The molecule has 0 saturated carbocycles. The lowest BCUT2D eigenvalue weighted by atomic mass is 9.70. The third kappa shape index (κ3) is 3.40. The van der Waals surface area contributed by atoms with Crippen LogP contribution in [0, 0.1) is 18.3 Å². The summed E-state index contributed by atoms with van der Waals surface area (Å²) in [6.45, 7) is 11.0. The Morgan fingerprint density at radius 2 is 2.04 bits per heavy atom. The third-order valence-corrected chi connectivity index (χ3v) is 6.58. The number of hydrogen-bond donors (Lipinski definition) is 0. The Labute approximate surface area is 157 Å². The number of hydrogen-bond acceptors (Lipinski definition) is 6. The van der Waals surface area contributed by atoms with Crippen molar-refractivity contribution >= 4 is 27.7 Å². The first kappa shape index (κ1) is 18.6. The van der Waals surface area contributed by atoms with Gasteiger partial charge in [0.05, 0.1) is 25.0 Å². The number of aryl methyl sites for hydroxylation is 1. The summed E-state index contributed by atoms with van der Waals surface area (Å²) in [7, 11) is 0. The summed E-state index contributed by atoms with van der Waals surface area (Å²) in [5.74, 6) is 0.766. The summed E-state index contributed by atoms with van der Waals surface area (Å²) in [5, 5.41) is 0. The topological polar surface area (TPSA) is 64.5 Å². The van der Waals surface area contributed by atoms with Gasteiger partial charge in [-0.25, -0.2) is 14.8 Å². The number of aromatic nitrogens is 2. The minimum Gasteiger partial charge on any atom is -0.461 e. The number of rotatable bonds is 3. The minimum absolute atomic E-state index is 0.248. The van der Waals surface area contributed by atoms with Crippen LogP contribution in [-0.4, -0.2) is 48.3 Å². The lowest BCUT2D eigenvalue weighted by Gasteiger charge is -2.42. The molecule has 6 nitrogen and oxygen atoms in total. The molecule has 2 aliphatic rings. The van der Waals surface area contributed by atoms with E-state index in [0.29, 0.717) is 34.7 Å². The van der Waals surface area contributed by atoms with Crippen molar-refractivity contribution in [3.8, 4) is 0 Å². The number of esters is 1. The van der Waals surface area contributed by atoms with E-state index in [-0.39, 0.29) is 5.41 Å². The van der Waals surface area contributed by atoms with Crippen molar-refractivity contribution in [1.29, 1.82) is 0 Å². The number of ether oxygens (including phenoxy) is 2. The molecule has 0 bridgehead atoms.